The number of hydrogen-bond donors (Lipinski definition) is 5. The van der Waals surface area contributed by atoms with Crippen LogP contribution in [-0.4, -0.2) is 34.2 Å². The van der Waals surface area contributed by atoms with Crippen molar-refractivity contribution in [3.63, 3.8) is 0 Å². The van der Waals surface area contributed by atoms with Crippen LogP contribution >= 0.6 is 11.6 Å². The third-order valence-electron chi connectivity index (χ3n) is 4.52. The van der Waals surface area contributed by atoms with Crippen LogP contribution in [0.4, 0.5) is 5.88 Å². The molecule has 0 unspecified atom stereocenters. The Morgan fingerprint density at radius 1 is 1.13 bits per heavy atom. The molecule has 0 spiro atoms. The summed E-state index contributed by atoms with van der Waals surface area (Å²) in [7, 11) is 0. The van der Waals surface area contributed by atoms with E-state index in [0.29, 0.717) is 5.02 Å². The number of carbonyl (C=O) groups excluding carboxylic acids is 1. The Kier molecular flexibility index (Phi) is 7.11. The normalized spacial score (nSPS) is 12.7. The third kappa shape index (κ3) is 6.21. The standard InChI is InChI=1S/C21H21ClN4O5/c1-12(21(29)30)23-17(20(28)25-24-19-11-18(27)26-31-19)9-13-5-7-14(8-6-13)15-3-2-4-16(22)10-15/h2-8,10-12,17,23-24H,9H2,1H3,(H,25,28)(H,26,27)(H,29,30)/t12-,17-/m0/s1. The Bertz CT molecular complexity index is 1110. The molecule has 0 radical (unpaired) electrons. The summed E-state index contributed by atoms with van der Waals surface area (Å²) < 4.78 is 4.81. The Labute approximate surface area is 182 Å². The fourth-order valence-corrected chi connectivity index (χ4v) is 3.08. The van der Waals surface area contributed by atoms with E-state index >= 15 is 0 Å². The number of aliphatic carboxylic acids is 1. The minimum absolute atomic E-state index is 0.0225. The van der Waals surface area contributed by atoms with E-state index in [0.717, 1.165) is 22.8 Å². The zero-order valence-electron chi connectivity index (χ0n) is 16.5. The first-order chi connectivity index (χ1) is 14.8. The van der Waals surface area contributed by atoms with Gasteiger partial charge in [0.1, 0.15) is 6.04 Å². The summed E-state index contributed by atoms with van der Waals surface area (Å²) in [6.07, 6.45) is 0.234. The van der Waals surface area contributed by atoms with Crippen LogP contribution in [0.25, 0.3) is 11.1 Å². The molecule has 1 heterocycles. The second-order valence-corrected chi connectivity index (χ2v) is 7.32. The highest BCUT2D eigenvalue weighted by molar-refractivity contribution is 6.30. The van der Waals surface area contributed by atoms with Crippen molar-refractivity contribution in [2.75, 3.05) is 5.43 Å². The van der Waals surface area contributed by atoms with Crippen LogP contribution in [0.2, 0.25) is 5.02 Å². The van der Waals surface area contributed by atoms with Gasteiger partial charge in [-0.05, 0) is 42.2 Å². The number of hydrazine groups is 1. The summed E-state index contributed by atoms with van der Waals surface area (Å²) in [5.74, 6) is -1.58. The van der Waals surface area contributed by atoms with E-state index in [1.807, 2.05) is 42.5 Å². The number of aromatic nitrogens is 1. The van der Waals surface area contributed by atoms with Crippen molar-refractivity contribution in [1.82, 2.24) is 15.9 Å². The predicted molar refractivity (Wildman–Crippen MR) is 116 cm³/mol. The number of aromatic amines is 1. The molecule has 0 aliphatic carbocycles. The molecule has 0 saturated carbocycles. The molecule has 31 heavy (non-hydrogen) atoms. The van der Waals surface area contributed by atoms with E-state index in [1.54, 1.807) is 6.07 Å². The van der Waals surface area contributed by atoms with Gasteiger partial charge in [0, 0.05) is 5.02 Å². The average molecular weight is 445 g/mol. The number of benzene rings is 2. The van der Waals surface area contributed by atoms with Crippen LogP contribution in [0, 0.1) is 0 Å². The molecule has 0 fully saturated rings. The van der Waals surface area contributed by atoms with E-state index in [1.165, 1.54) is 6.92 Å². The van der Waals surface area contributed by atoms with Gasteiger partial charge in [0.25, 0.3) is 11.5 Å². The van der Waals surface area contributed by atoms with Gasteiger partial charge in [-0.25, -0.2) is 0 Å². The molecule has 3 aromatic rings. The number of nitrogens with one attached hydrogen (secondary N) is 4. The molecule has 5 N–H and O–H groups in total. The second kappa shape index (κ2) is 9.96. The van der Waals surface area contributed by atoms with Crippen molar-refractivity contribution in [2.45, 2.75) is 25.4 Å². The SMILES string of the molecule is C[C@H](N[C@@H](Cc1ccc(-c2cccc(Cl)c2)cc1)C(=O)NNc1cc(=O)[nH]o1)C(=O)O. The molecule has 9 nitrogen and oxygen atoms in total. The molecule has 162 valence electrons. The lowest BCUT2D eigenvalue weighted by atomic mass is 10.00. The summed E-state index contributed by atoms with van der Waals surface area (Å²) in [4.78, 5) is 35.0. The second-order valence-electron chi connectivity index (χ2n) is 6.88. The topological polar surface area (TPSA) is 136 Å². The molecule has 0 saturated heterocycles. The Morgan fingerprint density at radius 3 is 2.48 bits per heavy atom. The molecule has 2 aromatic carbocycles. The number of halogens is 1. The number of H-pyrrole nitrogens is 1. The molecule has 0 bridgehead atoms. The van der Waals surface area contributed by atoms with Crippen LogP contribution in [0.1, 0.15) is 12.5 Å². The number of anilines is 1. The van der Waals surface area contributed by atoms with Crippen molar-refractivity contribution < 1.29 is 19.2 Å². The van der Waals surface area contributed by atoms with E-state index in [9.17, 15) is 19.5 Å². The van der Waals surface area contributed by atoms with Crippen LogP contribution in [0.5, 0.6) is 0 Å². The van der Waals surface area contributed by atoms with Gasteiger partial charge in [0.05, 0.1) is 12.1 Å². The third-order valence-corrected chi connectivity index (χ3v) is 4.76. The van der Waals surface area contributed by atoms with Gasteiger partial charge in [0.15, 0.2) is 0 Å². The quantitative estimate of drug-likeness (QED) is 0.319. The van der Waals surface area contributed by atoms with Gasteiger partial charge < -0.3 is 9.63 Å². The van der Waals surface area contributed by atoms with E-state index in [2.05, 4.69) is 21.3 Å². The number of carboxylic acid groups (broad SMARTS) is 1. The van der Waals surface area contributed by atoms with Crippen LogP contribution in [-0.2, 0) is 16.0 Å². The highest BCUT2D eigenvalue weighted by atomic mass is 35.5. The minimum atomic E-state index is -1.08. The van der Waals surface area contributed by atoms with Gasteiger partial charge in [-0.2, -0.15) is 5.16 Å². The minimum Gasteiger partial charge on any atom is -0.480 e. The van der Waals surface area contributed by atoms with Crippen molar-refractivity contribution in [2.24, 2.45) is 0 Å². The molecule has 2 atom stereocenters. The molecular weight excluding hydrogens is 424 g/mol. The molecule has 1 amide bonds. The molecule has 0 aliphatic rings. The highest BCUT2D eigenvalue weighted by Gasteiger charge is 2.24. The number of rotatable bonds is 9. The van der Waals surface area contributed by atoms with Crippen LogP contribution < -0.4 is 21.7 Å². The zero-order chi connectivity index (χ0) is 22.4. The largest absolute Gasteiger partial charge is 0.480 e. The first-order valence-corrected chi connectivity index (χ1v) is 9.78. The van der Waals surface area contributed by atoms with Crippen molar-refractivity contribution in [3.8, 4) is 11.1 Å². The van der Waals surface area contributed by atoms with Gasteiger partial charge in [-0.3, -0.25) is 30.6 Å². The first kappa shape index (κ1) is 22.1. The summed E-state index contributed by atoms with van der Waals surface area (Å²) in [6, 6.07) is 14.3. The van der Waals surface area contributed by atoms with Crippen molar-refractivity contribution >= 4 is 29.4 Å². The van der Waals surface area contributed by atoms with Gasteiger partial charge in [0.2, 0.25) is 5.88 Å². The number of hydrogen-bond acceptors (Lipinski definition) is 6. The summed E-state index contributed by atoms with van der Waals surface area (Å²) >= 11 is 6.05. The molecule has 1 aromatic heterocycles. The summed E-state index contributed by atoms with van der Waals surface area (Å²) in [5.41, 5.74) is 7.16. The Hall–Kier alpha value is -3.56. The van der Waals surface area contributed by atoms with E-state index < -0.39 is 29.5 Å². The van der Waals surface area contributed by atoms with Crippen molar-refractivity contribution in [1.29, 1.82) is 0 Å². The van der Waals surface area contributed by atoms with Crippen LogP contribution in [0.15, 0.2) is 63.9 Å². The monoisotopic (exact) mass is 444 g/mol. The van der Waals surface area contributed by atoms with Crippen LogP contribution in [0.3, 0.4) is 0 Å². The zero-order valence-corrected chi connectivity index (χ0v) is 17.3. The molecule has 10 heteroatoms. The van der Waals surface area contributed by atoms with Gasteiger partial charge >= 0.3 is 5.97 Å². The first-order valence-electron chi connectivity index (χ1n) is 9.40. The fraction of sp³-hybridized carbons (Fsp3) is 0.190. The maximum absolute atomic E-state index is 12.6. The van der Waals surface area contributed by atoms with Crippen molar-refractivity contribution in [3.05, 3.63) is 75.5 Å². The lowest BCUT2D eigenvalue weighted by Crippen LogP contribution is -2.52. The molecule has 0 aliphatic heterocycles. The number of carboxylic acids is 1. The van der Waals surface area contributed by atoms with E-state index in [4.69, 9.17) is 16.1 Å². The van der Waals surface area contributed by atoms with Gasteiger partial charge in [-0.1, -0.05) is 48.0 Å². The lowest BCUT2D eigenvalue weighted by molar-refractivity contribution is -0.139. The van der Waals surface area contributed by atoms with Gasteiger partial charge in [-0.15, -0.1) is 0 Å². The van der Waals surface area contributed by atoms with E-state index in [-0.39, 0.29) is 12.3 Å². The lowest BCUT2D eigenvalue weighted by Gasteiger charge is -2.21. The molecular formula is C21H21ClN4O5. The molecule has 3 rings (SSSR count). The Morgan fingerprint density at radius 2 is 1.87 bits per heavy atom. The summed E-state index contributed by atoms with van der Waals surface area (Å²) in [6.45, 7) is 1.45. The predicted octanol–water partition coefficient (Wildman–Crippen LogP) is 2.41. The highest BCUT2D eigenvalue weighted by Crippen LogP contribution is 2.23. The number of carbonyl (C=O) groups is 2. The number of amides is 1. The Balaban J connectivity index is 1.71. The summed E-state index contributed by atoms with van der Waals surface area (Å²) in [5, 5.41) is 14.7. The fourth-order valence-electron chi connectivity index (χ4n) is 2.89. The maximum Gasteiger partial charge on any atom is 0.320 e. The smallest absolute Gasteiger partial charge is 0.320 e. The average Bonchev–Trinajstić information content (AvgIpc) is 3.17. The maximum atomic E-state index is 12.6.